The highest BCUT2D eigenvalue weighted by atomic mass is 79.9. The van der Waals surface area contributed by atoms with Gasteiger partial charge in [-0.15, -0.1) is 11.3 Å². The molecule has 4 aromatic rings. The summed E-state index contributed by atoms with van der Waals surface area (Å²) < 4.78 is 23.8. The monoisotopic (exact) mass is 462 g/mol. The highest BCUT2D eigenvalue weighted by Crippen LogP contribution is 2.47. The Labute approximate surface area is 172 Å². The molecule has 136 valence electrons. The summed E-state index contributed by atoms with van der Waals surface area (Å²) >= 11 is 11.2. The first-order valence-corrected chi connectivity index (χ1v) is 10.4. The topological polar surface area (TPSA) is 27.1 Å². The summed E-state index contributed by atoms with van der Waals surface area (Å²) in [7, 11) is 0. The largest absolute Gasteiger partial charge is 0.464 e. The number of benzene rings is 2. The van der Waals surface area contributed by atoms with Gasteiger partial charge >= 0.3 is 0 Å². The maximum atomic E-state index is 14.8. The molecule has 1 atom stereocenters. The van der Waals surface area contributed by atoms with Gasteiger partial charge < -0.3 is 4.74 Å². The molecule has 2 aromatic heterocycles. The van der Waals surface area contributed by atoms with Crippen molar-refractivity contribution in [2.75, 3.05) is 0 Å². The molecule has 0 aliphatic carbocycles. The molecule has 0 N–H and O–H groups in total. The van der Waals surface area contributed by atoms with Crippen molar-refractivity contribution in [2.24, 2.45) is 0 Å². The van der Waals surface area contributed by atoms with E-state index >= 15 is 0 Å². The molecule has 0 radical (unpaired) electrons. The molecule has 0 fully saturated rings. The van der Waals surface area contributed by atoms with Crippen LogP contribution in [-0.4, -0.2) is 9.55 Å². The highest BCUT2D eigenvalue weighted by molar-refractivity contribution is 9.10. The van der Waals surface area contributed by atoms with Gasteiger partial charge in [-0.25, -0.2) is 9.37 Å². The van der Waals surface area contributed by atoms with E-state index in [0.717, 1.165) is 32.9 Å². The number of ether oxygens (including phenoxy) is 1. The van der Waals surface area contributed by atoms with Crippen LogP contribution in [0.5, 0.6) is 5.75 Å². The second kappa shape index (κ2) is 6.33. The number of aryl methyl sites for hydroxylation is 1. The zero-order chi connectivity index (χ0) is 18.7. The average molecular weight is 464 g/mol. The third kappa shape index (κ3) is 2.70. The van der Waals surface area contributed by atoms with Gasteiger partial charge in [0.15, 0.2) is 0 Å². The number of rotatable bonds is 2. The van der Waals surface area contributed by atoms with E-state index in [0.29, 0.717) is 20.8 Å². The SMILES string of the molecule is CCc1ncc(C2Oc3cc(Br)cc(F)c3-c3cc4cc(Cl)ccc4n32)s1. The summed E-state index contributed by atoms with van der Waals surface area (Å²) in [4.78, 5) is 5.45. The van der Waals surface area contributed by atoms with Crippen molar-refractivity contribution >= 4 is 49.8 Å². The summed E-state index contributed by atoms with van der Waals surface area (Å²) in [6.07, 6.45) is 2.31. The molecule has 3 nitrogen and oxygen atoms in total. The van der Waals surface area contributed by atoms with Crippen LogP contribution in [0.3, 0.4) is 0 Å². The Morgan fingerprint density at radius 1 is 1.30 bits per heavy atom. The summed E-state index contributed by atoms with van der Waals surface area (Å²) in [5.74, 6) is 0.186. The van der Waals surface area contributed by atoms with Crippen LogP contribution in [0, 0.1) is 5.82 Å². The molecule has 0 bridgehead atoms. The number of fused-ring (bicyclic) bond motifs is 5. The Hall–Kier alpha value is -1.89. The van der Waals surface area contributed by atoms with E-state index in [1.165, 1.54) is 6.07 Å². The Morgan fingerprint density at radius 2 is 2.15 bits per heavy atom. The molecule has 0 saturated carbocycles. The van der Waals surface area contributed by atoms with Crippen molar-refractivity contribution in [2.45, 2.75) is 19.6 Å². The van der Waals surface area contributed by atoms with Crippen LogP contribution in [-0.2, 0) is 6.42 Å². The van der Waals surface area contributed by atoms with Crippen molar-refractivity contribution in [1.82, 2.24) is 9.55 Å². The molecule has 5 rings (SSSR count). The Balaban J connectivity index is 1.82. The van der Waals surface area contributed by atoms with Crippen LogP contribution in [0.2, 0.25) is 5.02 Å². The minimum Gasteiger partial charge on any atom is -0.464 e. The molecule has 1 unspecified atom stereocenters. The fourth-order valence-electron chi connectivity index (χ4n) is 3.50. The standard InChI is InChI=1S/C20H13BrClFN2OS/c1-2-18-24-9-17(27-18)20-25-14-4-3-12(22)5-10(14)6-15(25)19-13(23)7-11(21)8-16(19)26-20/h3-9,20H,2H2,1H3. The fourth-order valence-corrected chi connectivity index (χ4v) is 4.98. The van der Waals surface area contributed by atoms with E-state index in [1.54, 1.807) is 17.4 Å². The number of thiazole rings is 1. The third-order valence-corrected chi connectivity index (χ3v) is 6.53. The Bertz CT molecular complexity index is 1200. The van der Waals surface area contributed by atoms with Crippen LogP contribution in [0.1, 0.15) is 23.0 Å². The summed E-state index contributed by atoms with van der Waals surface area (Å²) in [6.45, 7) is 2.07. The minimum absolute atomic E-state index is 0.327. The van der Waals surface area contributed by atoms with Crippen LogP contribution >= 0.6 is 38.9 Å². The van der Waals surface area contributed by atoms with E-state index < -0.39 is 6.23 Å². The summed E-state index contributed by atoms with van der Waals surface area (Å²) in [5, 5.41) is 2.63. The molecule has 2 aromatic carbocycles. The summed E-state index contributed by atoms with van der Waals surface area (Å²) in [5.41, 5.74) is 2.18. The van der Waals surface area contributed by atoms with E-state index in [1.807, 2.05) is 35.0 Å². The molecule has 0 spiro atoms. The second-order valence-corrected chi connectivity index (χ2v) is 8.84. The lowest BCUT2D eigenvalue weighted by Gasteiger charge is -2.29. The first kappa shape index (κ1) is 17.2. The molecule has 7 heteroatoms. The van der Waals surface area contributed by atoms with E-state index in [-0.39, 0.29) is 5.82 Å². The van der Waals surface area contributed by atoms with Gasteiger partial charge in [0.05, 0.1) is 26.7 Å². The lowest BCUT2D eigenvalue weighted by atomic mass is 10.1. The maximum absolute atomic E-state index is 14.8. The zero-order valence-electron chi connectivity index (χ0n) is 14.2. The van der Waals surface area contributed by atoms with Crippen LogP contribution in [0.15, 0.2) is 47.1 Å². The molecule has 27 heavy (non-hydrogen) atoms. The van der Waals surface area contributed by atoms with Gasteiger partial charge in [-0.05, 0) is 42.8 Å². The van der Waals surface area contributed by atoms with Crippen molar-refractivity contribution in [1.29, 1.82) is 0 Å². The van der Waals surface area contributed by atoms with E-state index in [4.69, 9.17) is 16.3 Å². The van der Waals surface area contributed by atoms with Gasteiger partial charge in [-0.1, -0.05) is 34.5 Å². The van der Waals surface area contributed by atoms with Gasteiger partial charge in [0.2, 0.25) is 6.23 Å². The molecule has 3 heterocycles. The van der Waals surface area contributed by atoms with Gasteiger partial charge in [-0.2, -0.15) is 0 Å². The Morgan fingerprint density at radius 3 is 2.93 bits per heavy atom. The number of aromatic nitrogens is 2. The molecule has 1 aliphatic rings. The van der Waals surface area contributed by atoms with Gasteiger partial charge in [-0.3, -0.25) is 4.57 Å². The number of halogens is 3. The number of hydrogen-bond donors (Lipinski definition) is 0. The lowest BCUT2D eigenvalue weighted by Crippen LogP contribution is -2.22. The predicted octanol–water partition coefficient (Wildman–Crippen LogP) is 6.82. The molecule has 0 amide bonds. The minimum atomic E-state index is -0.405. The number of hydrogen-bond acceptors (Lipinski definition) is 3. The van der Waals surface area contributed by atoms with E-state index in [2.05, 4.69) is 27.8 Å². The van der Waals surface area contributed by atoms with Gasteiger partial charge in [0.1, 0.15) is 11.6 Å². The highest BCUT2D eigenvalue weighted by Gasteiger charge is 2.32. The fraction of sp³-hybridized carbons (Fsp3) is 0.150. The summed E-state index contributed by atoms with van der Waals surface area (Å²) in [6, 6.07) is 10.9. The second-order valence-electron chi connectivity index (χ2n) is 6.34. The van der Waals surface area contributed by atoms with Gasteiger partial charge in [0.25, 0.3) is 0 Å². The first-order chi connectivity index (χ1) is 13.0. The molecular formula is C20H13BrClFN2OS. The first-order valence-electron chi connectivity index (χ1n) is 8.46. The smallest absolute Gasteiger partial charge is 0.213 e. The maximum Gasteiger partial charge on any atom is 0.213 e. The quantitative estimate of drug-likeness (QED) is 0.326. The normalized spacial score (nSPS) is 15.5. The van der Waals surface area contributed by atoms with Crippen molar-refractivity contribution in [3.8, 4) is 17.0 Å². The molecule has 0 saturated heterocycles. The van der Waals surface area contributed by atoms with Crippen molar-refractivity contribution in [3.05, 3.63) is 67.8 Å². The molecular weight excluding hydrogens is 451 g/mol. The predicted molar refractivity (Wildman–Crippen MR) is 110 cm³/mol. The van der Waals surface area contributed by atoms with E-state index in [9.17, 15) is 4.39 Å². The average Bonchev–Trinajstić information content (AvgIpc) is 3.24. The third-order valence-electron chi connectivity index (χ3n) is 4.67. The van der Waals surface area contributed by atoms with Gasteiger partial charge in [0, 0.05) is 21.1 Å². The van der Waals surface area contributed by atoms with Crippen molar-refractivity contribution in [3.63, 3.8) is 0 Å². The van der Waals surface area contributed by atoms with Crippen LogP contribution in [0.25, 0.3) is 22.2 Å². The molecule has 1 aliphatic heterocycles. The number of nitrogens with zero attached hydrogens (tertiary/aromatic N) is 2. The van der Waals surface area contributed by atoms with Crippen LogP contribution < -0.4 is 4.74 Å². The lowest BCUT2D eigenvalue weighted by molar-refractivity contribution is 0.175. The zero-order valence-corrected chi connectivity index (χ0v) is 17.3. The Kier molecular flexibility index (Phi) is 4.04. The van der Waals surface area contributed by atoms with Crippen LogP contribution in [0.4, 0.5) is 4.39 Å². The van der Waals surface area contributed by atoms with Crippen molar-refractivity contribution < 1.29 is 9.13 Å².